The van der Waals surface area contributed by atoms with Crippen molar-refractivity contribution in [1.82, 2.24) is 0 Å². The molecule has 0 fully saturated rings. The lowest BCUT2D eigenvalue weighted by Crippen LogP contribution is -2.29. The number of carboxylic acids is 1. The molecule has 164 valence electrons. The Morgan fingerprint density at radius 3 is 2.50 bits per heavy atom. The molecule has 11 heteroatoms. The van der Waals surface area contributed by atoms with Crippen molar-refractivity contribution >= 4 is 28.1 Å². The summed E-state index contributed by atoms with van der Waals surface area (Å²) in [6, 6.07) is 0. The highest BCUT2D eigenvalue weighted by molar-refractivity contribution is 7.88. The van der Waals surface area contributed by atoms with Gasteiger partial charge in [0.1, 0.15) is 12.2 Å². The molecule has 0 spiro atoms. The average molecular weight is 448 g/mol. The van der Waals surface area contributed by atoms with E-state index in [1.165, 1.54) is 12.2 Å². The largest absolute Gasteiger partial charge is 0.534 e. The van der Waals surface area contributed by atoms with Gasteiger partial charge in [0.15, 0.2) is 5.75 Å². The molecule has 7 nitrogen and oxygen atoms in total. The molecule has 1 aliphatic heterocycles. The molecular weight excluding hydrogens is 429 g/mol. The zero-order chi connectivity index (χ0) is 22.9. The van der Waals surface area contributed by atoms with Gasteiger partial charge in [0.2, 0.25) is 0 Å². The first kappa shape index (κ1) is 23.5. The van der Waals surface area contributed by atoms with Crippen LogP contribution in [0.5, 0.6) is 5.75 Å². The number of hydrogen-bond donors (Lipinski definition) is 1. The quantitative estimate of drug-likeness (QED) is 0.278. The van der Waals surface area contributed by atoms with Crippen molar-refractivity contribution in [3.05, 3.63) is 46.0 Å². The van der Waals surface area contributed by atoms with Crippen LogP contribution in [0.15, 0.2) is 18.2 Å². The molecule has 0 unspecified atom stereocenters. The molecule has 0 atom stereocenters. The smallest absolute Gasteiger partial charge is 0.481 e. The van der Waals surface area contributed by atoms with Crippen LogP contribution in [0.1, 0.15) is 52.4 Å². The van der Waals surface area contributed by atoms with Gasteiger partial charge in [-0.2, -0.15) is 21.6 Å². The van der Waals surface area contributed by atoms with E-state index in [0.29, 0.717) is 16.7 Å². The molecule has 2 rings (SSSR count). The molecule has 0 saturated heterocycles. The number of esters is 1. The van der Waals surface area contributed by atoms with Crippen LogP contribution in [0.4, 0.5) is 13.2 Å². The predicted octanol–water partition coefficient (Wildman–Crippen LogP) is 3.89. The van der Waals surface area contributed by atoms with Crippen molar-refractivity contribution in [3.8, 4) is 5.75 Å². The number of cyclic esters (lactones) is 1. The molecule has 1 heterocycles. The van der Waals surface area contributed by atoms with E-state index < -0.39 is 33.3 Å². The Labute approximate surface area is 170 Å². The summed E-state index contributed by atoms with van der Waals surface area (Å²) < 4.78 is 71.4. The number of carboxylic acid groups (broad SMARTS) is 1. The monoisotopic (exact) mass is 448 g/mol. The van der Waals surface area contributed by atoms with E-state index in [0.717, 1.165) is 0 Å². The van der Waals surface area contributed by atoms with Gasteiger partial charge in [-0.3, -0.25) is 4.79 Å². The van der Waals surface area contributed by atoms with Crippen LogP contribution in [0.2, 0.25) is 0 Å². The summed E-state index contributed by atoms with van der Waals surface area (Å²) in [5.41, 5.74) is -4.45. The summed E-state index contributed by atoms with van der Waals surface area (Å²) in [6.45, 7) is 6.60. The molecule has 0 bridgehead atoms. The van der Waals surface area contributed by atoms with Gasteiger partial charge in [-0.05, 0) is 37.8 Å². The van der Waals surface area contributed by atoms with Gasteiger partial charge >= 0.3 is 27.6 Å². The van der Waals surface area contributed by atoms with Crippen LogP contribution in [0.3, 0.4) is 0 Å². The molecule has 0 radical (unpaired) electrons. The Hall–Kier alpha value is -2.82. The van der Waals surface area contributed by atoms with Crippen LogP contribution in [-0.2, 0) is 32.7 Å². The number of alkyl halides is 3. The Balaban J connectivity index is 2.67. The van der Waals surface area contributed by atoms with Gasteiger partial charge in [-0.1, -0.05) is 24.3 Å². The molecule has 0 aromatic heterocycles. The molecule has 1 N–H and O–H groups in total. The number of rotatable bonds is 8. The Bertz CT molecular complexity index is 1040. The number of carbonyl (C=O) groups excluding carboxylic acids is 1. The third kappa shape index (κ3) is 4.66. The fourth-order valence-corrected chi connectivity index (χ4v) is 3.50. The highest BCUT2D eigenvalue weighted by Crippen LogP contribution is 2.41. The van der Waals surface area contributed by atoms with Gasteiger partial charge in [-0.15, -0.1) is 0 Å². The Morgan fingerprint density at radius 2 is 1.97 bits per heavy atom. The fraction of sp³-hybridized carbons (Fsp3) is 0.368. The zero-order valence-corrected chi connectivity index (χ0v) is 16.9. The maximum Gasteiger partial charge on any atom is 0.534 e. The van der Waals surface area contributed by atoms with Crippen LogP contribution >= 0.6 is 0 Å². The molecule has 0 aliphatic carbocycles. The fourth-order valence-electron chi connectivity index (χ4n) is 3.00. The number of halogens is 3. The maximum atomic E-state index is 12.9. The average Bonchev–Trinajstić information content (AvgIpc) is 3.01. The highest BCUT2D eigenvalue weighted by atomic mass is 32.2. The molecule has 1 aromatic rings. The van der Waals surface area contributed by atoms with Gasteiger partial charge < -0.3 is 14.0 Å². The molecule has 1 aliphatic rings. The summed E-state index contributed by atoms with van der Waals surface area (Å²) >= 11 is 0. The minimum Gasteiger partial charge on any atom is -0.481 e. The predicted molar refractivity (Wildman–Crippen MR) is 100 cm³/mol. The summed E-state index contributed by atoms with van der Waals surface area (Å²) in [4.78, 5) is 22.9. The second-order valence-corrected chi connectivity index (χ2v) is 8.15. The van der Waals surface area contributed by atoms with Gasteiger partial charge in [0, 0.05) is 17.5 Å². The van der Waals surface area contributed by atoms with E-state index in [-0.39, 0.29) is 42.6 Å². The SMILES string of the molecule is C=Cc1c(C)c2c(c(OS(=O)(=O)C(F)(F)F)c1C/C=C(\C)CCC(=O)O)C(=O)OC2. The Kier molecular flexibility index (Phi) is 6.65. The minimum absolute atomic E-state index is 0.00241. The third-order valence-corrected chi connectivity index (χ3v) is 5.56. The molecule has 0 saturated carbocycles. The lowest BCUT2D eigenvalue weighted by atomic mass is 9.90. The number of fused-ring (bicyclic) bond motifs is 1. The lowest BCUT2D eigenvalue weighted by Gasteiger charge is -2.19. The first-order valence-corrected chi connectivity index (χ1v) is 10.1. The highest BCUT2D eigenvalue weighted by Gasteiger charge is 2.50. The second kappa shape index (κ2) is 8.50. The third-order valence-electron chi connectivity index (χ3n) is 4.60. The zero-order valence-electron chi connectivity index (χ0n) is 16.1. The van der Waals surface area contributed by atoms with E-state index in [1.54, 1.807) is 13.8 Å². The Morgan fingerprint density at radius 1 is 1.33 bits per heavy atom. The number of hydrogen-bond acceptors (Lipinski definition) is 6. The molecule has 0 amide bonds. The van der Waals surface area contributed by atoms with Crippen LogP contribution in [0.25, 0.3) is 6.08 Å². The van der Waals surface area contributed by atoms with Gasteiger partial charge in [0.05, 0.1) is 0 Å². The van der Waals surface area contributed by atoms with Crippen molar-refractivity contribution in [3.63, 3.8) is 0 Å². The van der Waals surface area contributed by atoms with E-state index >= 15 is 0 Å². The van der Waals surface area contributed by atoms with E-state index in [1.807, 2.05) is 0 Å². The summed E-state index contributed by atoms with van der Waals surface area (Å²) in [5.74, 6) is -2.78. The number of benzene rings is 1. The van der Waals surface area contributed by atoms with Gasteiger partial charge in [0.25, 0.3) is 0 Å². The first-order chi connectivity index (χ1) is 13.8. The summed E-state index contributed by atoms with van der Waals surface area (Å²) in [7, 11) is -6.06. The minimum atomic E-state index is -6.06. The van der Waals surface area contributed by atoms with Crippen LogP contribution in [-0.4, -0.2) is 31.0 Å². The standard InChI is InChI=1S/C19H19F3O7S/c1-4-12-11(3)14-9-28-18(25)16(14)17(29-30(26,27)19(20,21)22)13(12)7-5-10(2)6-8-15(23)24/h4-5H,1,6-9H2,2-3H3,(H,23,24)/b10-5+. The normalized spacial score (nSPS) is 14.3. The van der Waals surface area contributed by atoms with E-state index in [9.17, 15) is 31.2 Å². The van der Waals surface area contributed by atoms with Crippen molar-refractivity contribution < 1.29 is 45.2 Å². The van der Waals surface area contributed by atoms with E-state index in [4.69, 9.17) is 9.84 Å². The molecular formula is C19H19F3O7S. The lowest BCUT2D eigenvalue weighted by molar-refractivity contribution is -0.136. The number of ether oxygens (including phenoxy) is 1. The second-order valence-electron chi connectivity index (χ2n) is 6.61. The number of allylic oxidation sites excluding steroid dienone is 2. The van der Waals surface area contributed by atoms with E-state index in [2.05, 4.69) is 10.8 Å². The van der Waals surface area contributed by atoms with Crippen molar-refractivity contribution in [2.75, 3.05) is 0 Å². The maximum absolute atomic E-state index is 12.9. The summed E-state index contributed by atoms with van der Waals surface area (Å²) in [5, 5.41) is 8.76. The van der Waals surface area contributed by atoms with Gasteiger partial charge in [-0.25, -0.2) is 4.79 Å². The van der Waals surface area contributed by atoms with Crippen molar-refractivity contribution in [2.45, 2.75) is 45.2 Å². The van der Waals surface area contributed by atoms with Crippen LogP contribution in [0, 0.1) is 6.92 Å². The van der Waals surface area contributed by atoms with Crippen molar-refractivity contribution in [2.24, 2.45) is 0 Å². The molecule has 1 aromatic carbocycles. The van der Waals surface area contributed by atoms with Crippen LogP contribution < -0.4 is 4.18 Å². The first-order valence-electron chi connectivity index (χ1n) is 8.66. The number of carbonyl (C=O) groups is 2. The van der Waals surface area contributed by atoms with Crippen molar-refractivity contribution in [1.29, 1.82) is 0 Å². The number of aliphatic carboxylic acids is 1. The topological polar surface area (TPSA) is 107 Å². The summed E-state index contributed by atoms with van der Waals surface area (Å²) in [6.07, 6.45) is 2.77. The molecule has 30 heavy (non-hydrogen) atoms.